The lowest BCUT2D eigenvalue weighted by molar-refractivity contribution is 1.26. The topological polar surface area (TPSA) is 6.48 Å². The molecule has 2 heteroatoms. The Morgan fingerprint density at radius 1 is 0.327 bits per heavy atom. The Labute approximate surface area is 304 Å². The summed E-state index contributed by atoms with van der Waals surface area (Å²) in [5.74, 6) is 0. The molecule has 1 aliphatic rings. The van der Waals surface area contributed by atoms with E-state index in [1.165, 1.54) is 66.3 Å². The highest BCUT2D eigenvalue weighted by Crippen LogP contribution is 2.53. The van der Waals surface area contributed by atoms with Gasteiger partial charge in [-0.3, -0.25) is 0 Å². The van der Waals surface area contributed by atoms with Crippen LogP contribution in [0, 0.1) is 0 Å². The second-order valence-corrected chi connectivity index (χ2v) is 13.4. The van der Waals surface area contributed by atoms with Crippen molar-refractivity contribution in [3.05, 3.63) is 206 Å². The van der Waals surface area contributed by atoms with Gasteiger partial charge in [0, 0.05) is 33.7 Å². The van der Waals surface area contributed by atoms with E-state index in [1.807, 2.05) is 0 Å². The van der Waals surface area contributed by atoms with E-state index in [-0.39, 0.29) is 0 Å². The van der Waals surface area contributed by atoms with Gasteiger partial charge in [-0.25, -0.2) is 0 Å². The number of rotatable bonds is 6. The maximum absolute atomic E-state index is 2.44. The highest BCUT2D eigenvalue weighted by atomic mass is 15.2. The zero-order chi connectivity index (χ0) is 34.4. The van der Waals surface area contributed by atoms with Crippen LogP contribution < -0.4 is 9.80 Å². The van der Waals surface area contributed by atoms with Crippen LogP contribution in [0.5, 0.6) is 0 Å². The molecule has 10 rings (SSSR count). The minimum absolute atomic E-state index is 1.10. The quantitative estimate of drug-likeness (QED) is 0.175. The van der Waals surface area contributed by atoms with E-state index >= 15 is 0 Å². The number of hydrogen-bond acceptors (Lipinski definition) is 2. The molecule has 52 heavy (non-hydrogen) atoms. The molecule has 9 aromatic carbocycles. The molecule has 0 aliphatic carbocycles. The molecule has 0 amide bonds. The first kappa shape index (κ1) is 30.0. The van der Waals surface area contributed by atoms with Gasteiger partial charge in [-0.05, 0) is 105 Å². The fourth-order valence-electron chi connectivity index (χ4n) is 7.92. The van der Waals surface area contributed by atoms with E-state index in [0.29, 0.717) is 0 Å². The van der Waals surface area contributed by atoms with E-state index < -0.39 is 0 Å². The van der Waals surface area contributed by atoms with Crippen LogP contribution in [0.15, 0.2) is 206 Å². The Morgan fingerprint density at radius 2 is 0.827 bits per heavy atom. The molecule has 2 nitrogen and oxygen atoms in total. The van der Waals surface area contributed by atoms with Gasteiger partial charge in [0.2, 0.25) is 0 Å². The molecule has 0 N–H and O–H groups in total. The summed E-state index contributed by atoms with van der Waals surface area (Å²) in [7, 11) is 0. The first-order valence-electron chi connectivity index (χ1n) is 17.9. The summed E-state index contributed by atoms with van der Waals surface area (Å²) in [5.41, 5.74) is 14.2. The molecule has 0 bridgehead atoms. The van der Waals surface area contributed by atoms with Gasteiger partial charge in [-0.15, -0.1) is 0 Å². The van der Waals surface area contributed by atoms with E-state index in [0.717, 1.165) is 22.7 Å². The van der Waals surface area contributed by atoms with Gasteiger partial charge >= 0.3 is 0 Å². The van der Waals surface area contributed by atoms with Crippen LogP contribution in [0.2, 0.25) is 0 Å². The predicted octanol–water partition coefficient (Wildman–Crippen LogP) is 14.2. The highest BCUT2D eigenvalue weighted by molar-refractivity contribution is 6.19. The Morgan fingerprint density at radius 3 is 1.44 bits per heavy atom. The Balaban J connectivity index is 1.10. The van der Waals surface area contributed by atoms with Crippen LogP contribution in [0.25, 0.3) is 54.9 Å². The lowest BCUT2D eigenvalue weighted by Crippen LogP contribution is -2.15. The van der Waals surface area contributed by atoms with Gasteiger partial charge < -0.3 is 9.80 Å². The number of hydrogen-bond donors (Lipinski definition) is 0. The average Bonchev–Trinajstić information content (AvgIpc) is 3.22. The number of benzene rings is 9. The fraction of sp³-hybridized carbons (Fsp3) is 0. The first-order valence-corrected chi connectivity index (χ1v) is 17.9. The van der Waals surface area contributed by atoms with E-state index in [4.69, 9.17) is 0 Å². The summed E-state index contributed by atoms with van der Waals surface area (Å²) in [4.78, 5) is 4.79. The summed E-state index contributed by atoms with van der Waals surface area (Å²) in [6.07, 6.45) is 0. The van der Waals surface area contributed by atoms with Crippen LogP contribution in [-0.4, -0.2) is 0 Å². The largest absolute Gasteiger partial charge is 0.311 e. The third-order valence-electron chi connectivity index (χ3n) is 10.4. The molecule has 0 aromatic heterocycles. The molecule has 0 spiro atoms. The van der Waals surface area contributed by atoms with Crippen molar-refractivity contribution in [1.82, 2.24) is 0 Å². The zero-order valence-corrected chi connectivity index (χ0v) is 28.5. The molecule has 1 aliphatic heterocycles. The molecule has 0 saturated carbocycles. The lowest BCUT2D eigenvalue weighted by atomic mass is 9.87. The standard InChI is InChI=1S/C50H34N2/c1-3-11-35(12-4-1)37-21-26-41(27-22-37)51(42-28-23-38(24-29-42)36-13-5-2-6-14-36)43-30-32-44(33-31-43)52-47-20-10-17-40-16-9-19-46(49(40)47)50-45-18-8-7-15-39(45)25-34-48(50)52/h1-34H. The second kappa shape index (κ2) is 12.5. The maximum atomic E-state index is 2.44. The van der Waals surface area contributed by atoms with Crippen molar-refractivity contribution < 1.29 is 0 Å². The molecular formula is C50H34N2. The minimum atomic E-state index is 1.10. The summed E-state index contributed by atoms with van der Waals surface area (Å²) in [6, 6.07) is 74.6. The molecule has 0 unspecified atom stereocenters. The van der Waals surface area contributed by atoms with Gasteiger partial charge in [0.25, 0.3) is 0 Å². The van der Waals surface area contributed by atoms with E-state index in [1.54, 1.807) is 0 Å². The smallest absolute Gasteiger partial charge is 0.0547 e. The van der Waals surface area contributed by atoms with E-state index in [2.05, 4.69) is 216 Å². The Kier molecular flexibility index (Phi) is 7.18. The normalized spacial score (nSPS) is 11.8. The van der Waals surface area contributed by atoms with Crippen molar-refractivity contribution in [2.45, 2.75) is 0 Å². The summed E-state index contributed by atoms with van der Waals surface area (Å²) in [6.45, 7) is 0. The van der Waals surface area contributed by atoms with Gasteiger partial charge in [-0.1, -0.05) is 146 Å². The summed E-state index contributed by atoms with van der Waals surface area (Å²) < 4.78 is 0. The van der Waals surface area contributed by atoms with Crippen molar-refractivity contribution >= 4 is 55.7 Å². The molecule has 0 fully saturated rings. The van der Waals surface area contributed by atoms with Crippen molar-refractivity contribution in [2.24, 2.45) is 0 Å². The van der Waals surface area contributed by atoms with Crippen LogP contribution in [-0.2, 0) is 0 Å². The van der Waals surface area contributed by atoms with Crippen molar-refractivity contribution in [3.63, 3.8) is 0 Å². The van der Waals surface area contributed by atoms with Crippen LogP contribution >= 0.6 is 0 Å². The predicted molar refractivity (Wildman–Crippen MR) is 221 cm³/mol. The average molecular weight is 663 g/mol. The first-order chi connectivity index (χ1) is 25.8. The summed E-state index contributed by atoms with van der Waals surface area (Å²) in [5, 5.41) is 5.06. The van der Waals surface area contributed by atoms with Gasteiger partial charge in [0.15, 0.2) is 0 Å². The molecular weight excluding hydrogens is 629 g/mol. The van der Waals surface area contributed by atoms with Gasteiger partial charge in [0.05, 0.1) is 11.4 Å². The van der Waals surface area contributed by atoms with E-state index in [9.17, 15) is 0 Å². The van der Waals surface area contributed by atoms with Crippen LogP contribution in [0.1, 0.15) is 0 Å². The number of fused-ring (bicyclic) bond motifs is 4. The zero-order valence-electron chi connectivity index (χ0n) is 28.5. The Bertz CT molecular complexity index is 2610. The van der Waals surface area contributed by atoms with Gasteiger partial charge in [0.1, 0.15) is 0 Å². The van der Waals surface area contributed by atoms with Crippen LogP contribution in [0.3, 0.4) is 0 Å². The minimum Gasteiger partial charge on any atom is -0.311 e. The molecule has 1 heterocycles. The molecule has 0 atom stereocenters. The number of nitrogens with zero attached hydrogens (tertiary/aromatic N) is 2. The van der Waals surface area contributed by atoms with Crippen molar-refractivity contribution in [3.8, 4) is 33.4 Å². The second-order valence-electron chi connectivity index (χ2n) is 13.4. The number of anilines is 6. The van der Waals surface area contributed by atoms with Crippen molar-refractivity contribution in [1.29, 1.82) is 0 Å². The highest BCUT2D eigenvalue weighted by Gasteiger charge is 2.27. The summed E-state index contributed by atoms with van der Waals surface area (Å²) >= 11 is 0. The van der Waals surface area contributed by atoms with Crippen LogP contribution in [0.4, 0.5) is 34.1 Å². The van der Waals surface area contributed by atoms with Crippen molar-refractivity contribution in [2.75, 3.05) is 9.80 Å². The Hall–Kier alpha value is -6.90. The third-order valence-corrected chi connectivity index (χ3v) is 10.4. The van der Waals surface area contributed by atoms with Gasteiger partial charge in [-0.2, -0.15) is 0 Å². The SMILES string of the molecule is c1ccc(-c2ccc(N(c3ccc(-c4ccccc4)cc3)c3ccc(N4c5ccc6ccccc6c5-c5cccc6cccc4c56)cc3)cc2)cc1. The molecule has 0 saturated heterocycles. The molecule has 9 aromatic rings. The molecule has 244 valence electrons. The molecule has 0 radical (unpaired) electrons. The monoisotopic (exact) mass is 662 g/mol. The lowest BCUT2D eigenvalue weighted by Gasteiger charge is -2.34. The third kappa shape index (κ3) is 5.04. The maximum Gasteiger partial charge on any atom is 0.0547 e. The fourth-order valence-corrected chi connectivity index (χ4v) is 7.92.